The van der Waals surface area contributed by atoms with E-state index in [2.05, 4.69) is 0 Å². The van der Waals surface area contributed by atoms with Gasteiger partial charge in [0.25, 0.3) is 0 Å². The predicted molar refractivity (Wildman–Crippen MR) is 107 cm³/mol. The molecule has 0 saturated heterocycles. The Balaban J connectivity index is 1.67. The molecule has 0 amide bonds. The second-order valence-electron chi connectivity index (χ2n) is 6.24. The van der Waals surface area contributed by atoms with Crippen molar-refractivity contribution >= 4 is 16.9 Å². The van der Waals surface area contributed by atoms with Gasteiger partial charge in [-0.05, 0) is 43.3 Å². The van der Waals surface area contributed by atoms with Crippen LogP contribution in [0, 0.1) is 11.3 Å². The van der Waals surface area contributed by atoms with Crippen molar-refractivity contribution in [2.75, 3.05) is 19.8 Å². The largest absolute Gasteiger partial charge is 0.491 e. The Kier molecular flexibility index (Phi) is 6.67. The van der Waals surface area contributed by atoms with Crippen LogP contribution in [-0.4, -0.2) is 37.0 Å². The molecule has 8 heteroatoms. The third-order valence-corrected chi connectivity index (χ3v) is 4.05. The van der Waals surface area contributed by atoms with E-state index < -0.39 is 17.5 Å². The van der Waals surface area contributed by atoms with E-state index in [4.69, 9.17) is 23.9 Å². The second kappa shape index (κ2) is 9.58. The lowest BCUT2D eigenvalue weighted by molar-refractivity contribution is 0.0490. The summed E-state index contributed by atoms with van der Waals surface area (Å²) in [6, 6.07) is 14.2. The number of aliphatic hydroxyl groups excluding tert-OH is 1. The molecule has 2 aromatic carbocycles. The van der Waals surface area contributed by atoms with Crippen LogP contribution in [0.15, 0.2) is 57.7 Å². The van der Waals surface area contributed by atoms with Gasteiger partial charge >= 0.3 is 5.97 Å². The number of carbonyl (C=O) groups excluding carboxylic acids is 1. The van der Waals surface area contributed by atoms with Gasteiger partial charge < -0.3 is 23.7 Å². The molecule has 1 atom stereocenters. The summed E-state index contributed by atoms with van der Waals surface area (Å²) in [6.07, 6.45) is -0.971. The van der Waals surface area contributed by atoms with Crippen molar-refractivity contribution in [3.05, 3.63) is 70.1 Å². The van der Waals surface area contributed by atoms with Crippen LogP contribution in [0.1, 0.15) is 23.0 Å². The molecule has 0 aliphatic carbocycles. The van der Waals surface area contributed by atoms with Crippen LogP contribution in [0.4, 0.5) is 0 Å². The van der Waals surface area contributed by atoms with Crippen LogP contribution in [-0.2, 0) is 4.74 Å². The standard InChI is InChI=1S/C22H19NO7/c1-2-27-22(26)20-10-17(25)21-18(4-3-5-19(21)30-20)29-13-15(24)12-28-16-8-6-14(11-23)7-9-16/h3-10,15,24H,2,12-13H2,1H3. The molecule has 0 bridgehead atoms. The van der Waals surface area contributed by atoms with Crippen molar-refractivity contribution in [1.82, 2.24) is 0 Å². The maximum Gasteiger partial charge on any atom is 0.374 e. The molecule has 30 heavy (non-hydrogen) atoms. The van der Waals surface area contributed by atoms with E-state index in [9.17, 15) is 14.7 Å². The van der Waals surface area contributed by atoms with Gasteiger partial charge in [-0.25, -0.2) is 4.79 Å². The summed E-state index contributed by atoms with van der Waals surface area (Å²) in [7, 11) is 0. The summed E-state index contributed by atoms with van der Waals surface area (Å²) in [5.41, 5.74) is 0.219. The number of carbonyl (C=O) groups is 1. The average Bonchev–Trinajstić information content (AvgIpc) is 2.76. The molecule has 1 N–H and O–H groups in total. The van der Waals surface area contributed by atoms with E-state index in [1.165, 1.54) is 6.07 Å². The Morgan fingerprint density at radius 2 is 1.90 bits per heavy atom. The Bertz CT molecular complexity index is 1130. The summed E-state index contributed by atoms with van der Waals surface area (Å²) in [4.78, 5) is 24.3. The molecular formula is C22H19NO7. The lowest BCUT2D eigenvalue weighted by Crippen LogP contribution is -2.25. The van der Waals surface area contributed by atoms with Gasteiger partial charge in [-0.2, -0.15) is 5.26 Å². The molecule has 0 fully saturated rings. The third kappa shape index (κ3) is 4.96. The summed E-state index contributed by atoms with van der Waals surface area (Å²) in [6.45, 7) is 1.64. The number of nitriles is 1. The minimum absolute atomic E-state index is 0.0434. The third-order valence-electron chi connectivity index (χ3n) is 4.05. The van der Waals surface area contributed by atoms with Crippen LogP contribution in [0.3, 0.4) is 0 Å². The number of hydrogen-bond donors (Lipinski definition) is 1. The number of ether oxygens (including phenoxy) is 3. The van der Waals surface area contributed by atoms with Crippen molar-refractivity contribution in [2.24, 2.45) is 0 Å². The van der Waals surface area contributed by atoms with Crippen LogP contribution >= 0.6 is 0 Å². The molecular weight excluding hydrogens is 390 g/mol. The smallest absolute Gasteiger partial charge is 0.374 e. The van der Waals surface area contributed by atoms with Gasteiger partial charge in [0.1, 0.15) is 41.8 Å². The number of nitrogens with zero attached hydrogens (tertiary/aromatic N) is 1. The Hall–Kier alpha value is -3.83. The lowest BCUT2D eigenvalue weighted by Gasteiger charge is -2.14. The van der Waals surface area contributed by atoms with Crippen molar-refractivity contribution in [3.8, 4) is 17.6 Å². The highest BCUT2D eigenvalue weighted by molar-refractivity contribution is 5.90. The summed E-state index contributed by atoms with van der Waals surface area (Å²) < 4.78 is 21.4. The molecule has 0 spiro atoms. The van der Waals surface area contributed by atoms with Gasteiger partial charge in [0.2, 0.25) is 5.76 Å². The maximum atomic E-state index is 12.5. The highest BCUT2D eigenvalue weighted by atomic mass is 16.5. The van der Waals surface area contributed by atoms with Gasteiger partial charge in [-0.3, -0.25) is 4.79 Å². The monoisotopic (exact) mass is 409 g/mol. The fraction of sp³-hybridized carbons (Fsp3) is 0.227. The normalized spacial score (nSPS) is 11.5. The van der Waals surface area contributed by atoms with Crippen LogP contribution < -0.4 is 14.9 Å². The minimum Gasteiger partial charge on any atom is -0.491 e. The van der Waals surface area contributed by atoms with Crippen molar-refractivity contribution in [2.45, 2.75) is 13.0 Å². The Morgan fingerprint density at radius 1 is 1.17 bits per heavy atom. The van der Waals surface area contributed by atoms with Gasteiger partial charge in [0, 0.05) is 6.07 Å². The molecule has 3 rings (SSSR count). The molecule has 0 aliphatic heterocycles. The van der Waals surface area contributed by atoms with Gasteiger partial charge in [-0.1, -0.05) is 6.07 Å². The van der Waals surface area contributed by atoms with Crippen LogP contribution in [0.25, 0.3) is 11.0 Å². The molecule has 8 nitrogen and oxygen atoms in total. The highest BCUT2D eigenvalue weighted by Crippen LogP contribution is 2.24. The van der Waals surface area contributed by atoms with Crippen LogP contribution in [0.2, 0.25) is 0 Å². The Morgan fingerprint density at radius 3 is 2.60 bits per heavy atom. The molecule has 0 aliphatic rings. The van der Waals surface area contributed by atoms with Crippen molar-refractivity contribution < 1.29 is 28.5 Å². The number of aliphatic hydroxyl groups is 1. The number of benzene rings is 2. The first-order valence-electron chi connectivity index (χ1n) is 9.19. The zero-order valence-corrected chi connectivity index (χ0v) is 16.2. The molecule has 1 aromatic heterocycles. The first-order chi connectivity index (χ1) is 14.5. The average molecular weight is 409 g/mol. The molecule has 1 unspecified atom stereocenters. The van der Waals surface area contributed by atoms with E-state index in [-0.39, 0.29) is 42.3 Å². The fourth-order valence-electron chi connectivity index (χ4n) is 2.65. The number of hydrogen-bond acceptors (Lipinski definition) is 8. The zero-order chi connectivity index (χ0) is 21.5. The van der Waals surface area contributed by atoms with E-state index >= 15 is 0 Å². The highest BCUT2D eigenvalue weighted by Gasteiger charge is 2.16. The fourth-order valence-corrected chi connectivity index (χ4v) is 2.65. The minimum atomic E-state index is -0.971. The number of fused-ring (bicyclic) bond motifs is 1. The van der Waals surface area contributed by atoms with Gasteiger partial charge in [-0.15, -0.1) is 0 Å². The number of esters is 1. The van der Waals surface area contributed by atoms with Crippen molar-refractivity contribution in [1.29, 1.82) is 5.26 Å². The topological polar surface area (TPSA) is 119 Å². The van der Waals surface area contributed by atoms with E-state index in [1.807, 2.05) is 6.07 Å². The van der Waals surface area contributed by atoms with Crippen molar-refractivity contribution in [3.63, 3.8) is 0 Å². The zero-order valence-electron chi connectivity index (χ0n) is 16.2. The predicted octanol–water partition coefficient (Wildman–Crippen LogP) is 2.66. The summed E-state index contributed by atoms with van der Waals surface area (Å²) in [5, 5.41) is 19.1. The summed E-state index contributed by atoms with van der Waals surface area (Å²) >= 11 is 0. The maximum absolute atomic E-state index is 12.5. The van der Waals surface area contributed by atoms with E-state index in [0.717, 1.165) is 6.07 Å². The van der Waals surface area contributed by atoms with Gasteiger partial charge in [0.05, 0.1) is 18.2 Å². The first kappa shape index (κ1) is 20.9. The van der Waals surface area contributed by atoms with Gasteiger partial charge in [0.15, 0.2) is 5.43 Å². The summed E-state index contributed by atoms with van der Waals surface area (Å²) in [5.74, 6) is -0.194. The molecule has 3 aromatic rings. The van der Waals surface area contributed by atoms with E-state index in [0.29, 0.717) is 11.3 Å². The molecule has 154 valence electrons. The van der Waals surface area contributed by atoms with E-state index in [1.54, 1.807) is 43.3 Å². The molecule has 0 radical (unpaired) electrons. The lowest BCUT2D eigenvalue weighted by atomic mass is 10.2. The first-order valence-corrected chi connectivity index (χ1v) is 9.19. The molecule has 1 heterocycles. The second-order valence-corrected chi connectivity index (χ2v) is 6.24. The molecule has 0 saturated carbocycles. The van der Waals surface area contributed by atoms with Crippen LogP contribution in [0.5, 0.6) is 11.5 Å². The SMILES string of the molecule is CCOC(=O)c1cc(=O)c2c(OCC(O)COc3ccc(C#N)cc3)cccc2o1. The number of rotatable bonds is 8. The quantitative estimate of drug-likeness (QED) is 0.564. The Labute approximate surface area is 171 Å².